The summed E-state index contributed by atoms with van der Waals surface area (Å²) in [4.78, 5) is 37.7. The number of aromatic nitrogens is 2. The van der Waals surface area contributed by atoms with Crippen LogP contribution in [0.25, 0.3) is 0 Å². The third kappa shape index (κ3) is 6.76. The number of anilines is 1. The molecule has 4 rings (SSSR count). The molecule has 0 bridgehead atoms. The van der Waals surface area contributed by atoms with E-state index in [-0.39, 0.29) is 17.9 Å². The van der Waals surface area contributed by atoms with E-state index in [2.05, 4.69) is 15.7 Å². The molecular weight excluding hydrogens is 482 g/mol. The van der Waals surface area contributed by atoms with E-state index < -0.39 is 43.3 Å². The Labute approximate surface area is 211 Å². The first kappa shape index (κ1) is 25.5. The lowest BCUT2D eigenvalue weighted by Gasteiger charge is -2.19. The molecule has 2 aromatic carbocycles. The highest BCUT2D eigenvalue weighted by Gasteiger charge is 2.47. The van der Waals surface area contributed by atoms with Gasteiger partial charge in [-0.1, -0.05) is 42.5 Å². The minimum Gasteiger partial charge on any atom is -0.343 e. The minimum atomic E-state index is -3.12. The van der Waals surface area contributed by atoms with Gasteiger partial charge in [0, 0.05) is 18.3 Å². The zero-order chi connectivity index (χ0) is 26.4. The summed E-state index contributed by atoms with van der Waals surface area (Å²) in [6.07, 6.45) is 2.39. The topological polar surface area (TPSA) is 120 Å². The van der Waals surface area contributed by atoms with Crippen LogP contribution in [-0.4, -0.2) is 57.5 Å². The Bertz CT molecular complexity index is 1320. The van der Waals surface area contributed by atoms with Crippen molar-refractivity contribution in [3.8, 4) is 6.07 Å². The van der Waals surface area contributed by atoms with E-state index in [1.165, 1.54) is 17.1 Å². The number of likely N-dealkylation sites (tertiary alicyclic amines) is 1. The average molecular weight is 507 g/mol. The molecule has 0 unspecified atom stereocenters. The predicted molar refractivity (Wildman–Crippen MR) is 130 cm³/mol. The lowest BCUT2D eigenvalue weighted by Crippen LogP contribution is -2.42. The minimum absolute atomic E-state index is 0.123. The number of nitrogens with zero attached hydrogens (tertiary/aromatic N) is 4. The van der Waals surface area contributed by atoms with Crippen LogP contribution in [0.5, 0.6) is 0 Å². The van der Waals surface area contributed by atoms with E-state index >= 15 is 0 Å². The quantitative estimate of drug-likeness (QED) is 0.487. The van der Waals surface area contributed by atoms with Crippen molar-refractivity contribution in [3.05, 3.63) is 83.7 Å². The fourth-order valence-corrected chi connectivity index (χ4v) is 3.99. The first-order valence-electron chi connectivity index (χ1n) is 11.5. The number of carbonyl (C=O) groups excluding carboxylic acids is 3. The largest absolute Gasteiger partial charge is 0.343 e. The molecule has 0 saturated carbocycles. The maximum atomic E-state index is 13.5. The predicted octanol–water partition coefficient (Wildman–Crippen LogP) is 2.60. The summed E-state index contributed by atoms with van der Waals surface area (Å²) in [5, 5.41) is 18.4. The molecule has 1 fully saturated rings. The second kappa shape index (κ2) is 11.0. The van der Waals surface area contributed by atoms with Crippen molar-refractivity contribution in [2.45, 2.75) is 31.4 Å². The molecule has 3 aromatic rings. The van der Waals surface area contributed by atoms with Crippen LogP contribution >= 0.6 is 0 Å². The van der Waals surface area contributed by atoms with Crippen LogP contribution in [0.1, 0.15) is 27.9 Å². The maximum Gasteiger partial charge on any atom is 0.268 e. The van der Waals surface area contributed by atoms with Crippen molar-refractivity contribution >= 4 is 23.4 Å². The molecule has 0 radical (unpaired) electrons. The Balaban J connectivity index is 1.26. The van der Waals surface area contributed by atoms with Crippen LogP contribution in [0, 0.1) is 11.3 Å². The van der Waals surface area contributed by atoms with Crippen LogP contribution in [0.4, 0.5) is 14.5 Å². The Kier molecular flexibility index (Phi) is 7.57. The molecule has 3 amide bonds. The third-order valence-corrected chi connectivity index (χ3v) is 5.82. The number of amides is 3. The second-order valence-electron chi connectivity index (χ2n) is 8.74. The van der Waals surface area contributed by atoms with E-state index in [4.69, 9.17) is 5.26 Å². The summed E-state index contributed by atoms with van der Waals surface area (Å²) in [5.41, 5.74) is 2.65. The highest BCUT2D eigenvalue weighted by molar-refractivity contribution is 5.96. The Morgan fingerprint density at radius 1 is 1.08 bits per heavy atom. The van der Waals surface area contributed by atoms with Gasteiger partial charge in [0.05, 0.1) is 43.9 Å². The molecule has 1 aliphatic rings. The van der Waals surface area contributed by atoms with Crippen molar-refractivity contribution < 1.29 is 23.2 Å². The van der Waals surface area contributed by atoms with E-state index in [1.807, 2.05) is 42.5 Å². The Hall–Kier alpha value is -4.59. The normalized spacial score (nSPS) is 16.1. The summed E-state index contributed by atoms with van der Waals surface area (Å²) < 4.78 is 28.6. The van der Waals surface area contributed by atoms with Crippen molar-refractivity contribution in [2.75, 3.05) is 18.4 Å². The number of hydrogen-bond donors (Lipinski definition) is 2. The molecular formula is C26H24F2N6O3. The Morgan fingerprint density at radius 2 is 1.81 bits per heavy atom. The lowest BCUT2D eigenvalue weighted by atomic mass is 10.1. The van der Waals surface area contributed by atoms with Crippen LogP contribution in [0.2, 0.25) is 0 Å². The van der Waals surface area contributed by atoms with Crippen LogP contribution < -0.4 is 10.6 Å². The summed E-state index contributed by atoms with van der Waals surface area (Å²) in [5.74, 6) is -4.58. The third-order valence-electron chi connectivity index (χ3n) is 5.82. The number of halogens is 2. The fraction of sp³-hybridized carbons (Fsp3) is 0.269. The first-order valence-corrected chi connectivity index (χ1v) is 11.5. The summed E-state index contributed by atoms with van der Waals surface area (Å²) in [6, 6.07) is 17.1. The molecule has 1 atom stereocenters. The van der Waals surface area contributed by atoms with Crippen LogP contribution in [0.3, 0.4) is 0 Å². The maximum absolute atomic E-state index is 13.5. The lowest BCUT2D eigenvalue weighted by molar-refractivity contribution is -0.131. The van der Waals surface area contributed by atoms with Crippen molar-refractivity contribution in [3.63, 3.8) is 0 Å². The van der Waals surface area contributed by atoms with E-state index in [1.54, 1.807) is 18.2 Å². The van der Waals surface area contributed by atoms with Crippen molar-refractivity contribution in [1.29, 1.82) is 5.26 Å². The van der Waals surface area contributed by atoms with Crippen LogP contribution in [0.15, 0.2) is 67.0 Å². The van der Waals surface area contributed by atoms with Gasteiger partial charge in [-0.25, -0.2) is 8.78 Å². The summed E-state index contributed by atoms with van der Waals surface area (Å²) in [6.45, 7) is -0.986. The monoisotopic (exact) mass is 506 g/mol. The number of benzene rings is 2. The smallest absolute Gasteiger partial charge is 0.268 e. The standard InChI is InChI=1S/C26H24F2N6O3/c27-26(28)11-22(12-29)34(17-26)24(36)14-30-25(37)20-13-31-33(16-20)15-19-6-8-21(9-7-19)32-23(35)10-18-4-2-1-3-5-18/h1-9,13,16,22H,10-11,14-15,17H2,(H,30,37)(H,32,35)/t22-/m0/s1. The van der Waals surface area contributed by atoms with E-state index in [0.717, 1.165) is 16.0 Å². The van der Waals surface area contributed by atoms with Crippen molar-refractivity contribution in [1.82, 2.24) is 20.0 Å². The molecule has 2 heterocycles. The first-order chi connectivity index (χ1) is 17.7. The van der Waals surface area contributed by atoms with Crippen molar-refractivity contribution in [2.24, 2.45) is 0 Å². The fourth-order valence-electron chi connectivity index (χ4n) is 3.99. The average Bonchev–Trinajstić information content (AvgIpc) is 3.47. The van der Waals surface area contributed by atoms with Gasteiger partial charge in [0.1, 0.15) is 6.04 Å². The van der Waals surface area contributed by atoms with E-state index in [0.29, 0.717) is 12.2 Å². The molecule has 0 spiro atoms. The number of alkyl halides is 2. The van der Waals surface area contributed by atoms with E-state index in [9.17, 15) is 23.2 Å². The molecule has 1 aromatic heterocycles. The molecule has 190 valence electrons. The molecule has 0 aliphatic carbocycles. The van der Waals surface area contributed by atoms with Gasteiger partial charge in [0.25, 0.3) is 11.8 Å². The highest BCUT2D eigenvalue weighted by atomic mass is 19.3. The molecule has 1 saturated heterocycles. The number of carbonyl (C=O) groups is 3. The SMILES string of the molecule is N#C[C@@H]1CC(F)(F)CN1C(=O)CNC(=O)c1cnn(Cc2ccc(NC(=O)Cc3ccccc3)cc2)c1. The molecule has 37 heavy (non-hydrogen) atoms. The number of rotatable bonds is 8. The number of nitriles is 1. The van der Waals surface area contributed by atoms with Gasteiger partial charge < -0.3 is 15.5 Å². The highest BCUT2D eigenvalue weighted by Crippen LogP contribution is 2.31. The summed E-state index contributed by atoms with van der Waals surface area (Å²) in [7, 11) is 0. The number of nitrogens with one attached hydrogen (secondary N) is 2. The molecule has 11 heteroatoms. The van der Waals surface area contributed by atoms with Gasteiger partial charge in [-0.2, -0.15) is 10.4 Å². The molecule has 2 N–H and O–H groups in total. The van der Waals surface area contributed by atoms with Gasteiger partial charge >= 0.3 is 0 Å². The van der Waals surface area contributed by atoms with Gasteiger partial charge in [0.15, 0.2) is 0 Å². The van der Waals surface area contributed by atoms with Gasteiger partial charge in [-0.15, -0.1) is 0 Å². The zero-order valence-corrected chi connectivity index (χ0v) is 19.7. The Morgan fingerprint density at radius 3 is 2.51 bits per heavy atom. The second-order valence-corrected chi connectivity index (χ2v) is 8.74. The molecule has 9 nitrogen and oxygen atoms in total. The van der Waals surface area contributed by atoms with Gasteiger partial charge in [-0.3, -0.25) is 19.1 Å². The number of hydrogen-bond acceptors (Lipinski definition) is 5. The van der Waals surface area contributed by atoms with Gasteiger partial charge in [-0.05, 0) is 23.3 Å². The molecule has 1 aliphatic heterocycles. The summed E-state index contributed by atoms with van der Waals surface area (Å²) >= 11 is 0. The van der Waals surface area contributed by atoms with Crippen LogP contribution in [-0.2, 0) is 22.6 Å². The zero-order valence-electron chi connectivity index (χ0n) is 19.7. The van der Waals surface area contributed by atoms with Gasteiger partial charge in [0.2, 0.25) is 11.8 Å².